The molecule has 1 saturated heterocycles. The first kappa shape index (κ1) is 13.3. The molecule has 3 aliphatic rings. The average molecular weight is 287 g/mol. The summed E-state index contributed by atoms with van der Waals surface area (Å²) in [6.07, 6.45) is 2.98. The van der Waals surface area contributed by atoms with Crippen LogP contribution in [-0.2, 0) is 16.6 Å². The molecule has 2 bridgehead atoms. The van der Waals surface area contributed by atoms with Crippen LogP contribution in [0.2, 0.25) is 0 Å². The van der Waals surface area contributed by atoms with Gasteiger partial charge in [-0.1, -0.05) is 6.07 Å². The van der Waals surface area contributed by atoms with E-state index in [1.165, 1.54) is 5.56 Å². The molecular weight excluding hydrogens is 266 g/mol. The molecule has 0 spiro atoms. The zero-order chi connectivity index (χ0) is 14.8. The van der Waals surface area contributed by atoms with Gasteiger partial charge in [0.05, 0.1) is 5.60 Å². The number of aromatic hydroxyl groups is 1. The molecule has 2 N–H and O–H groups in total. The molecule has 2 fully saturated rings. The van der Waals surface area contributed by atoms with E-state index in [4.69, 9.17) is 0 Å². The van der Waals surface area contributed by atoms with E-state index in [0.29, 0.717) is 19.3 Å². The number of piperidine rings is 1. The summed E-state index contributed by atoms with van der Waals surface area (Å²) in [6.45, 7) is 0.884. The second-order valence-corrected chi connectivity index (χ2v) is 7.01. The number of hydrogen-bond acceptors (Lipinski definition) is 4. The highest BCUT2D eigenvalue weighted by molar-refractivity contribution is 5.82. The molecule has 1 aromatic rings. The zero-order valence-electron chi connectivity index (χ0n) is 12.3. The number of nitrogens with zero attached hydrogens (tertiary/aromatic N) is 1. The standard InChI is InChI=1S/C17H21NO3/c1-18-7-6-16-10-13(20)4-5-17(16,21)15(18)8-11-2-3-12(19)9-14(11)16/h2-3,9,15,19,21H,4-8,10H2,1H3/t15?,16-,17?/m1/s1. The van der Waals surface area contributed by atoms with Gasteiger partial charge < -0.3 is 15.1 Å². The SMILES string of the molecule is CN1CC[C@]23CC(=O)CCC2(O)C1Cc1ccc(O)cc13. The summed E-state index contributed by atoms with van der Waals surface area (Å²) in [5.41, 5.74) is 0.812. The number of phenolic OH excluding ortho intramolecular Hbond substituents is 1. The van der Waals surface area contributed by atoms with Crippen LogP contribution in [0.5, 0.6) is 5.75 Å². The van der Waals surface area contributed by atoms with Gasteiger partial charge in [-0.15, -0.1) is 0 Å². The molecule has 21 heavy (non-hydrogen) atoms. The predicted molar refractivity (Wildman–Crippen MR) is 78.3 cm³/mol. The van der Waals surface area contributed by atoms with Crippen LogP contribution in [0.15, 0.2) is 18.2 Å². The lowest BCUT2D eigenvalue weighted by Gasteiger charge is -2.62. The minimum absolute atomic E-state index is 0.0661. The van der Waals surface area contributed by atoms with Crippen molar-refractivity contribution in [3.05, 3.63) is 29.3 Å². The van der Waals surface area contributed by atoms with E-state index in [0.717, 1.165) is 24.9 Å². The molecule has 1 aromatic carbocycles. The Bertz CT molecular complexity index is 628. The van der Waals surface area contributed by atoms with Gasteiger partial charge in [-0.2, -0.15) is 0 Å². The lowest BCUT2D eigenvalue weighted by atomic mass is 9.49. The fourth-order valence-corrected chi connectivity index (χ4v) is 5.01. The average Bonchev–Trinajstić information content (AvgIpc) is 2.45. The Morgan fingerprint density at radius 3 is 2.95 bits per heavy atom. The third kappa shape index (κ3) is 1.55. The predicted octanol–water partition coefficient (Wildman–Crippen LogP) is 1.37. The smallest absolute Gasteiger partial charge is 0.134 e. The van der Waals surface area contributed by atoms with Crippen molar-refractivity contribution in [2.24, 2.45) is 0 Å². The number of likely N-dealkylation sites (tertiary alicyclic amines) is 1. The van der Waals surface area contributed by atoms with Gasteiger partial charge in [-0.05, 0) is 56.1 Å². The molecule has 4 rings (SSSR count). The molecule has 4 nitrogen and oxygen atoms in total. The molecule has 1 heterocycles. The Labute approximate surface area is 124 Å². The van der Waals surface area contributed by atoms with Crippen LogP contribution in [0, 0.1) is 0 Å². The van der Waals surface area contributed by atoms with Crippen LogP contribution in [0.3, 0.4) is 0 Å². The van der Waals surface area contributed by atoms with Crippen LogP contribution >= 0.6 is 0 Å². The third-order valence-electron chi connectivity index (χ3n) is 6.11. The van der Waals surface area contributed by atoms with Crippen LogP contribution in [0.4, 0.5) is 0 Å². The topological polar surface area (TPSA) is 60.8 Å². The van der Waals surface area contributed by atoms with Gasteiger partial charge in [0, 0.05) is 24.3 Å². The highest BCUT2D eigenvalue weighted by Gasteiger charge is 2.64. The van der Waals surface area contributed by atoms with Gasteiger partial charge in [0.1, 0.15) is 11.5 Å². The fraction of sp³-hybridized carbons (Fsp3) is 0.588. The molecule has 2 aliphatic carbocycles. The largest absolute Gasteiger partial charge is 0.508 e. The summed E-state index contributed by atoms with van der Waals surface area (Å²) in [4.78, 5) is 14.4. The van der Waals surface area contributed by atoms with Gasteiger partial charge in [0.2, 0.25) is 0 Å². The first-order valence-corrected chi connectivity index (χ1v) is 7.73. The van der Waals surface area contributed by atoms with Crippen LogP contribution < -0.4 is 0 Å². The summed E-state index contributed by atoms with van der Waals surface area (Å²) in [6, 6.07) is 5.51. The molecule has 2 unspecified atom stereocenters. The second kappa shape index (κ2) is 4.08. The Kier molecular flexibility index (Phi) is 2.58. The number of carbonyl (C=O) groups is 1. The van der Waals surface area contributed by atoms with Gasteiger partial charge in [0.25, 0.3) is 0 Å². The Morgan fingerprint density at radius 2 is 2.14 bits per heavy atom. The van der Waals surface area contributed by atoms with Crippen molar-refractivity contribution in [3.63, 3.8) is 0 Å². The lowest BCUT2D eigenvalue weighted by Crippen LogP contribution is -2.72. The number of fused-ring (bicyclic) bond motifs is 1. The second-order valence-electron chi connectivity index (χ2n) is 7.01. The number of hydrogen-bond donors (Lipinski definition) is 2. The maximum atomic E-state index is 12.1. The summed E-state index contributed by atoms with van der Waals surface area (Å²) in [7, 11) is 2.06. The van der Waals surface area contributed by atoms with E-state index < -0.39 is 11.0 Å². The number of benzene rings is 1. The van der Waals surface area contributed by atoms with Crippen LogP contribution in [-0.4, -0.2) is 46.1 Å². The van der Waals surface area contributed by atoms with Crippen molar-refractivity contribution >= 4 is 5.78 Å². The van der Waals surface area contributed by atoms with Crippen molar-refractivity contribution < 1.29 is 15.0 Å². The Morgan fingerprint density at radius 1 is 1.33 bits per heavy atom. The minimum Gasteiger partial charge on any atom is -0.508 e. The summed E-state index contributed by atoms with van der Waals surface area (Å²) in [5.74, 6) is 0.458. The lowest BCUT2D eigenvalue weighted by molar-refractivity contribution is -0.168. The minimum atomic E-state index is -0.852. The van der Waals surface area contributed by atoms with Crippen molar-refractivity contribution in [3.8, 4) is 5.75 Å². The molecule has 0 radical (unpaired) electrons. The van der Waals surface area contributed by atoms with Gasteiger partial charge in [0.15, 0.2) is 0 Å². The van der Waals surface area contributed by atoms with Crippen molar-refractivity contribution in [1.29, 1.82) is 0 Å². The number of Topliss-reactive ketones (excluding diaryl/α,β-unsaturated/α-hetero) is 1. The quantitative estimate of drug-likeness (QED) is 0.757. The molecule has 3 atom stereocenters. The summed E-state index contributed by atoms with van der Waals surface area (Å²) >= 11 is 0. The van der Waals surface area contributed by atoms with Gasteiger partial charge in [-0.25, -0.2) is 0 Å². The number of carbonyl (C=O) groups excluding carboxylic acids is 1. The van der Waals surface area contributed by atoms with E-state index in [1.54, 1.807) is 12.1 Å². The maximum absolute atomic E-state index is 12.1. The summed E-state index contributed by atoms with van der Waals surface area (Å²) < 4.78 is 0. The van der Waals surface area contributed by atoms with Crippen LogP contribution in [0.25, 0.3) is 0 Å². The maximum Gasteiger partial charge on any atom is 0.134 e. The number of rotatable bonds is 0. The molecule has 0 aromatic heterocycles. The van der Waals surface area contributed by atoms with E-state index in [9.17, 15) is 15.0 Å². The Balaban J connectivity index is 1.98. The van der Waals surface area contributed by atoms with E-state index >= 15 is 0 Å². The molecule has 4 heteroatoms. The van der Waals surface area contributed by atoms with Gasteiger partial charge in [-0.3, -0.25) is 4.79 Å². The number of phenols is 1. The molecule has 1 saturated carbocycles. The Hall–Kier alpha value is -1.39. The number of aliphatic hydroxyl groups is 1. The number of ketones is 1. The monoisotopic (exact) mass is 287 g/mol. The highest BCUT2D eigenvalue weighted by Crippen LogP contribution is 2.57. The highest BCUT2D eigenvalue weighted by atomic mass is 16.3. The molecule has 1 aliphatic heterocycles. The van der Waals surface area contributed by atoms with E-state index in [2.05, 4.69) is 11.9 Å². The number of likely N-dealkylation sites (N-methyl/N-ethyl adjacent to an activating group) is 1. The van der Waals surface area contributed by atoms with E-state index in [1.807, 2.05) is 6.07 Å². The first-order chi connectivity index (χ1) is 9.96. The molecule has 0 amide bonds. The van der Waals surface area contributed by atoms with Crippen molar-refractivity contribution in [2.45, 2.75) is 49.2 Å². The van der Waals surface area contributed by atoms with Crippen molar-refractivity contribution in [1.82, 2.24) is 4.90 Å². The third-order valence-corrected chi connectivity index (χ3v) is 6.11. The fourth-order valence-electron chi connectivity index (χ4n) is 5.01. The molecular formula is C17H21NO3. The van der Waals surface area contributed by atoms with E-state index in [-0.39, 0.29) is 17.6 Å². The van der Waals surface area contributed by atoms with Crippen molar-refractivity contribution in [2.75, 3.05) is 13.6 Å². The van der Waals surface area contributed by atoms with Crippen LogP contribution in [0.1, 0.15) is 36.8 Å². The zero-order valence-corrected chi connectivity index (χ0v) is 12.3. The van der Waals surface area contributed by atoms with Gasteiger partial charge >= 0.3 is 0 Å². The first-order valence-electron chi connectivity index (χ1n) is 7.73. The summed E-state index contributed by atoms with van der Waals surface area (Å²) in [5, 5.41) is 21.4. The molecule has 112 valence electrons. The normalized spacial score (nSPS) is 38.8.